The topological polar surface area (TPSA) is 107 Å². The van der Waals surface area contributed by atoms with Gasteiger partial charge in [0.25, 0.3) is 0 Å². The van der Waals surface area contributed by atoms with Crippen LogP contribution in [0.2, 0.25) is 0 Å². The molecule has 0 atom stereocenters. The number of likely N-dealkylation sites (tertiary alicyclic amines) is 1. The summed E-state index contributed by atoms with van der Waals surface area (Å²) in [5, 5.41) is 0. The smallest absolute Gasteiger partial charge is 0.320 e. The Morgan fingerprint density at radius 2 is 1.89 bits per heavy atom. The van der Waals surface area contributed by atoms with Gasteiger partial charge in [-0.15, -0.1) is 0 Å². The van der Waals surface area contributed by atoms with Crippen LogP contribution in [0, 0.1) is 0 Å². The Morgan fingerprint density at radius 3 is 2.66 bits per heavy atom. The van der Waals surface area contributed by atoms with Crippen LogP contribution < -0.4 is 15.4 Å². The third-order valence-corrected chi connectivity index (χ3v) is 6.39. The third kappa shape index (κ3) is 5.26. The molecule has 2 aromatic heterocycles. The highest BCUT2D eigenvalue weighted by atomic mass is 16.5. The summed E-state index contributed by atoms with van der Waals surface area (Å²) in [6.45, 7) is 4.38. The second-order valence-corrected chi connectivity index (χ2v) is 8.93. The molecule has 1 saturated heterocycles. The first-order valence-electron chi connectivity index (χ1n) is 12.0. The first-order valence-corrected chi connectivity index (χ1v) is 12.0. The molecule has 3 aromatic rings. The van der Waals surface area contributed by atoms with Crippen LogP contribution in [0.4, 0.5) is 11.6 Å². The van der Waals surface area contributed by atoms with E-state index < -0.39 is 0 Å². The maximum atomic E-state index is 12.7. The van der Waals surface area contributed by atoms with Gasteiger partial charge in [0.15, 0.2) is 0 Å². The maximum Gasteiger partial charge on any atom is 0.320 e. The van der Waals surface area contributed by atoms with Gasteiger partial charge in [0, 0.05) is 31.0 Å². The predicted octanol–water partition coefficient (Wildman–Crippen LogP) is 2.83. The molecule has 9 heteroatoms. The van der Waals surface area contributed by atoms with Crippen molar-refractivity contribution in [3.05, 3.63) is 59.3 Å². The number of hydrogen-bond acceptors (Lipinski definition) is 8. The van der Waals surface area contributed by atoms with Gasteiger partial charge < -0.3 is 15.2 Å². The molecular weight excluding hydrogens is 444 g/mol. The standard InChI is InChI=1S/C26H30N6O3/c1-34-11-12-35-26-29-24(27)21-14-23(33)32(25(21)30-26)17-19-7-8-22(28-15-19)20-6-4-5-18(13-20)16-31-9-2-3-10-31/h4-8,13,15H,2-3,9-12,14,16-17H2,1H3,(H2,27,29,30). The minimum absolute atomic E-state index is 0.0752. The molecule has 0 spiro atoms. The first-order chi connectivity index (χ1) is 17.1. The largest absolute Gasteiger partial charge is 0.461 e. The Labute approximate surface area is 204 Å². The Balaban J connectivity index is 1.30. The second kappa shape index (κ2) is 10.4. The minimum atomic E-state index is -0.0752. The number of hydrogen-bond donors (Lipinski definition) is 1. The van der Waals surface area contributed by atoms with Gasteiger partial charge in [0.1, 0.15) is 18.2 Å². The molecule has 5 rings (SSSR count). The molecule has 0 bridgehead atoms. The number of carbonyl (C=O) groups is 1. The SMILES string of the molecule is COCCOc1nc(N)c2c(n1)N(Cc1ccc(-c3cccc(CN4CCCC4)c3)nc1)C(=O)C2. The van der Waals surface area contributed by atoms with Crippen LogP contribution in [0.1, 0.15) is 29.5 Å². The van der Waals surface area contributed by atoms with Crippen molar-refractivity contribution < 1.29 is 14.3 Å². The molecule has 9 nitrogen and oxygen atoms in total. The van der Waals surface area contributed by atoms with Crippen LogP contribution in [0.15, 0.2) is 42.6 Å². The number of anilines is 2. The summed E-state index contributed by atoms with van der Waals surface area (Å²) >= 11 is 0. The van der Waals surface area contributed by atoms with Crippen LogP contribution in [0.3, 0.4) is 0 Å². The molecule has 1 aromatic carbocycles. The number of pyridine rings is 1. The molecule has 0 aliphatic carbocycles. The Hall–Kier alpha value is -3.56. The Kier molecular flexibility index (Phi) is 6.87. The molecule has 2 N–H and O–H groups in total. The second-order valence-electron chi connectivity index (χ2n) is 8.93. The van der Waals surface area contributed by atoms with Crippen molar-refractivity contribution in [2.45, 2.75) is 32.4 Å². The number of nitrogens with two attached hydrogens (primary N) is 1. The number of carbonyl (C=O) groups excluding carboxylic acids is 1. The van der Waals surface area contributed by atoms with Crippen molar-refractivity contribution in [2.75, 3.05) is 44.0 Å². The van der Waals surface area contributed by atoms with E-state index in [0.717, 1.165) is 23.4 Å². The molecule has 2 aliphatic heterocycles. The quantitative estimate of drug-likeness (QED) is 0.472. The van der Waals surface area contributed by atoms with Crippen molar-refractivity contribution in [1.82, 2.24) is 19.9 Å². The number of benzene rings is 1. The van der Waals surface area contributed by atoms with Crippen molar-refractivity contribution in [3.63, 3.8) is 0 Å². The van der Waals surface area contributed by atoms with Gasteiger partial charge in [-0.25, -0.2) is 0 Å². The van der Waals surface area contributed by atoms with Gasteiger partial charge in [0.05, 0.1) is 25.3 Å². The lowest BCUT2D eigenvalue weighted by Crippen LogP contribution is -2.26. The molecule has 2 aliphatic rings. The summed E-state index contributed by atoms with van der Waals surface area (Å²) < 4.78 is 10.5. The predicted molar refractivity (Wildman–Crippen MR) is 133 cm³/mol. The zero-order valence-electron chi connectivity index (χ0n) is 19.9. The van der Waals surface area contributed by atoms with Gasteiger partial charge in [-0.2, -0.15) is 9.97 Å². The molecule has 1 fully saturated rings. The summed E-state index contributed by atoms with van der Waals surface area (Å²) in [5.41, 5.74) is 10.9. The lowest BCUT2D eigenvalue weighted by atomic mass is 10.1. The number of nitrogen functional groups attached to an aromatic ring is 1. The molecule has 182 valence electrons. The number of methoxy groups -OCH3 is 1. The number of amides is 1. The first kappa shape index (κ1) is 23.2. The highest BCUT2D eigenvalue weighted by Gasteiger charge is 2.32. The zero-order chi connectivity index (χ0) is 24.2. The van der Waals surface area contributed by atoms with Gasteiger partial charge in [-0.1, -0.05) is 24.3 Å². The Morgan fingerprint density at radius 1 is 1.03 bits per heavy atom. The van der Waals surface area contributed by atoms with E-state index >= 15 is 0 Å². The Bertz CT molecular complexity index is 1190. The maximum absolute atomic E-state index is 12.7. The molecule has 35 heavy (non-hydrogen) atoms. The van der Waals surface area contributed by atoms with Crippen LogP contribution in [0.25, 0.3) is 11.3 Å². The molecule has 1 amide bonds. The van der Waals surface area contributed by atoms with Crippen LogP contribution in [-0.2, 0) is 29.0 Å². The summed E-state index contributed by atoms with van der Waals surface area (Å²) in [4.78, 5) is 30.1. The molecule has 4 heterocycles. The van der Waals surface area contributed by atoms with Crippen molar-refractivity contribution >= 4 is 17.5 Å². The molecule has 0 saturated carbocycles. The average Bonchev–Trinajstić information content (AvgIpc) is 3.48. The molecular formula is C26H30N6O3. The lowest BCUT2D eigenvalue weighted by molar-refractivity contribution is -0.117. The monoisotopic (exact) mass is 474 g/mol. The average molecular weight is 475 g/mol. The van der Waals surface area contributed by atoms with E-state index in [9.17, 15) is 4.79 Å². The fraction of sp³-hybridized carbons (Fsp3) is 0.385. The highest BCUT2D eigenvalue weighted by Crippen LogP contribution is 2.33. The van der Waals surface area contributed by atoms with Gasteiger partial charge >= 0.3 is 6.01 Å². The lowest BCUT2D eigenvalue weighted by Gasteiger charge is -2.17. The van der Waals surface area contributed by atoms with Crippen molar-refractivity contribution in [1.29, 1.82) is 0 Å². The van der Waals surface area contributed by atoms with E-state index in [4.69, 9.17) is 15.2 Å². The van der Waals surface area contributed by atoms with E-state index in [1.54, 1.807) is 12.0 Å². The van der Waals surface area contributed by atoms with Gasteiger partial charge in [-0.05, 0) is 49.2 Å². The van der Waals surface area contributed by atoms with E-state index in [1.807, 2.05) is 18.3 Å². The van der Waals surface area contributed by atoms with E-state index in [-0.39, 0.29) is 24.2 Å². The van der Waals surface area contributed by atoms with E-state index in [0.29, 0.717) is 31.1 Å². The van der Waals surface area contributed by atoms with E-state index in [2.05, 4.69) is 44.1 Å². The number of fused-ring (bicyclic) bond motifs is 1. The zero-order valence-corrected chi connectivity index (χ0v) is 19.9. The third-order valence-electron chi connectivity index (χ3n) is 6.39. The van der Waals surface area contributed by atoms with Gasteiger partial charge in [0.2, 0.25) is 5.91 Å². The number of nitrogens with zero attached hydrogens (tertiary/aromatic N) is 5. The summed E-state index contributed by atoms with van der Waals surface area (Å²) in [5.74, 6) is 0.683. The summed E-state index contributed by atoms with van der Waals surface area (Å²) in [6, 6.07) is 12.7. The number of aromatic nitrogens is 3. The normalized spacial score (nSPS) is 15.6. The summed E-state index contributed by atoms with van der Waals surface area (Å²) in [7, 11) is 1.59. The highest BCUT2D eigenvalue weighted by molar-refractivity contribution is 6.01. The van der Waals surface area contributed by atoms with Crippen LogP contribution >= 0.6 is 0 Å². The van der Waals surface area contributed by atoms with Gasteiger partial charge in [-0.3, -0.25) is 19.6 Å². The minimum Gasteiger partial charge on any atom is -0.461 e. The van der Waals surface area contributed by atoms with E-state index in [1.165, 1.54) is 31.5 Å². The fourth-order valence-electron chi connectivity index (χ4n) is 4.57. The van der Waals surface area contributed by atoms with Crippen LogP contribution in [-0.4, -0.2) is 59.2 Å². The molecule has 0 unspecified atom stereocenters. The number of ether oxygens (including phenoxy) is 2. The fourth-order valence-corrected chi connectivity index (χ4v) is 4.57. The van der Waals surface area contributed by atoms with Crippen molar-refractivity contribution in [3.8, 4) is 17.3 Å². The van der Waals surface area contributed by atoms with Crippen molar-refractivity contribution in [2.24, 2.45) is 0 Å². The molecule has 0 radical (unpaired) electrons. The summed E-state index contributed by atoms with van der Waals surface area (Å²) in [6.07, 6.45) is 4.56. The van der Waals surface area contributed by atoms with Crippen LogP contribution in [0.5, 0.6) is 6.01 Å². The number of rotatable bonds is 9.